The molecule has 0 spiro atoms. The van der Waals surface area contributed by atoms with Gasteiger partial charge in [-0.05, 0) is 44.2 Å². The van der Waals surface area contributed by atoms with Crippen LogP contribution in [0.15, 0.2) is 17.5 Å². The first-order valence-corrected chi connectivity index (χ1v) is 8.25. The molecule has 1 saturated heterocycles. The first-order valence-electron chi connectivity index (χ1n) is 7.37. The predicted molar refractivity (Wildman–Crippen MR) is 81.5 cm³/mol. The van der Waals surface area contributed by atoms with Crippen molar-refractivity contribution in [2.45, 2.75) is 51.3 Å². The number of ether oxygens (including phenoxy) is 1. The van der Waals surface area contributed by atoms with E-state index in [1.165, 1.54) is 17.7 Å². The van der Waals surface area contributed by atoms with Gasteiger partial charge in [-0.1, -0.05) is 13.0 Å². The summed E-state index contributed by atoms with van der Waals surface area (Å²) in [6.45, 7) is 7.30. The average molecular weight is 282 g/mol. The quantitative estimate of drug-likeness (QED) is 0.871. The van der Waals surface area contributed by atoms with Crippen LogP contribution < -0.4 is 5.73 Å². The number of hydrogen-bond acceptors (Lipinski definition) is 4. The van der Waals surface area contributed by atoms with Gasteiger partial charge in [-0.25, -0.2) is 0 Å². The third-order valence-electron chi connectivity index (χ3n) is 3.69. The summed E-state index contributed by atoms with van der Waals surface area (Å²) < 4.78 is 5.93. The molecule has 0 aromatic carbocycles. The van der Waals surface area contributed by atoms with Crippen LogP contribution in [0.1, 0.15) is 44.0 Å². The summed E-state index contributed by atoms with van der Waals surface area (Å²) in [6, 6.07) is 4.82. The molecular formula is C15H26N2OS. The molecule has 1 aliphatic heterocycles. The van der Waals surface area contributed by atoms with Gasteiger partial charge < -0.3 is 10.5 Å². The predicted octanol–water partition coefficient (Wildman–Crippen LogP) is 3.03. The van der Waals surface area contributed by atoms with Crippen LogP contribution in [0.2, 0.25) is 0 Å². The summed E-state index contributed by atoms with van der Waals surface area (Å²) in [5, 5.41) is 2.14. The summed E-state index contributed by atoms with van der Waals surface area (Å²) in [5.74, 6) is 0. The molecule has 3 nitrogen and oxygen atoms in total. The number of rotatable bonds is 6. The molecule has 0 bridgehead atoms. The second-order valence-corrected chi connectivity index (χ2v) is 6.43. The van der Waals surface area contributed by atoms with Crippen molar-refractivity contribution in [3.05, 3.63) is 22.4 Å². The lowest BCUT2D eigenvalue weighted by molar-refractivity contribution is -0.0150. The van der Waals surface area contributed by atoms with Gasteiger partial charge in [0.25, 0.3) is 0 Å². The Hall–Kier alpha value is -0.420. The van der Waals surface area contributed by atoms with E-state index in [1.807, 2.05) is 11.3 Å². The topological polar surface area (TPSA) is 38.5 Å². The highest BCUT2D eigenvalue weighted by Crippen LogP contribution is 2.30. The lowest BCUT2D eigenvalue weighted by atomic mass is 10.0. The van der Waals surface area contributed by atoms with Crippen molar-refractivity contribution < 1.29 is 4.74 Å². The highest BCUT2D eigenvalue weighted by Gasteiger charge is 2.29. The van der Waals surface area contributed by atoms with Crippen molar-refractivity contribution in [1.82, 2.24) is 4.90 Å². The normalized spacial score (nSPS) is 24.3. The molecule has 2 rings (SSSR count). The second-order valence-electron chi connectivity index (χ2n) is 5.45. The summed E-state index contributed by atoms with van der Waals surface area (Å²) in [4.78, 5) is 3.89. The van der Waals surface area contributed by atoms with Gasteiger partial charge in [-0.2, -0.15) is 0 Å². The van der Waals surface area contributed by atoms with E-state index in [9.17, 15) is 0 Å². The molecule has 4 heteroatoms. The molecule has 3 unspecified atom stereocenters. The summed E-state index contributed by atoms with van der Waals surface area (Å²) in [5.41, 5.74) is 6.23. The maximum Gasteiger partial charge on any atom is 0.0702 e. The number of piperidine rings is 1. The molecule has 108 valence electrons. The van der Waals surface area contributed by atoms with E-state index < -0.39 is 0 Å². The van der Waals surface area contributed by atoms with Crippen LogP contribution in [0.25, 0.3) is 0 Å². The molecule has 1 aromatic heterocycles. The van der Waals surface area contributed by atoms with E-state index in [1.54, 1.807) is 0 Å². The molecule has 1 aromatic rings. The minimum absolute atomic E-state index is 0.156. The lowest BCUT2D eigenvalue weighted by Crippen LogP contribution is -2.46. The van der Waals surface area contributed by atoms with E-state index >= 15 is 0 Å². The average Bonchev–Trinajstić information content (AvgIpc) is 2.90. The number of nitrogens with two attached hydrogens (primary N) is 1. The molecule has 2 N–H and O–H groups in total. The maximum atomic E-state index is 6.23. The minimum Gasteiger partial charge on any atom is -0.377 e. The monoisotopic (exact) mass is 282 g/mol. The maximum absolute atomic E-state index is 6.23. The van der Waals surface area contributed by atoms with Crippen LogP contribution in [0, 0.1) is 0 Å². The minimum atomic E-state index is 0.156. The van der Waals surface area contributed by atoms with Crippen molar-refractivity contribution in [2.75, 3.05) is 19.7 Å². The van der Waals surface area contributed by atoms with Crippen LogP contribution in [0.5, 0.6) is 0 Å². The molecule has 0 aliphatic carbocycles. The number of likely N-dealkylation sites (tertiary alicyclic amines) is 1. The number of hydrogen-bond donors (Lipinski definition) is 1. The van der Waals surface area contributed by atoms with E-state index in [0.29, 0.717) is 12.1 Å². The third-order valence-corrected chi connectivity index (χ3v) is 4.64. The van der Waals surface area contributed by atoms with Crippen molar-refractivity contribution in [3.8, 4) is 0 Å². The summed E-state index contributed by atoms with van der Waals surface area (Å²) in [6.07, 6.45) is 3.88. The van der Waals surface area contributed by atoms with Crippen LogP contribution in [-0.4, -0.2) is 36.7 Å². The van der Waals surface area contributed by atoms with Gasteiger partial charge in [0.05, 0.1) is 12.1 Å². The lowest BCUT2D eigenvalue weighted by Gasteiger charge is -2.39. The third kappa shape index (κ3) is 4.02. The molecule has 1 aliphatic rings. The largest absolute Gasteiger partial charge is 0.377 e. The molecule has 0 amide bonds. The fourth-order valence-corrected chi connectivity index (χ4v) is 3.85. The van der Waals surface area contributed by atoms with E-state index in [4.69, 9.17) is 10.5 Å². The molecule has 0 radical (unpaired) electrons. The Kier molecular flexibility index (Phi) is 5.82. The van der Waals surface area contributed by atoms with Crippen LogP contribution in [0.3, 0.4) is 0 Å². The van der Waals surface area contributed by atoms with Crippen molar-refractivity contribution >= 4 is 11.3 Å². The molecule has 0 saturated carbocycles. The highest BCUT2D eigenvalue weighted by atomic mass is 32.1. The van der Waals surface area contributed by atoms with Gasteiger partial charge in [0, 0.05) is 24.1 Å². The Labute approximate surface area is 120 Å². The first-order chi connectivity index (χ1) is 9.22. The Morgan fingerprint density at radius 3 is 3.05 bits per heavy atom. The Balaban J connectivity index is 2.01. The molecule has 1 fully saturated rings. The second kappa shape index (κ2) is 7.39. The van der Waals surface area contributed by atoms with E-state index in [-0.39, 0.29) is 6.04 Å². The SMILES string of the molecule is CCCOC1CCCN(C(c2cccs2)C(C)N)C1. The fourth-order valence-electron chi connectivity index (χ4n) is 2.87. The van der Waals surface area contributed by atoms with Crippen molar-refractivity contribution in [3.63, 3.8) is 0 Å². The van der Waals surface area contributed by atoms with E-state index in [0.717, 1.165) is 26.1 Å². The van der Waals surface area contributed by atoms with Crippen molar-refractivity contribution in [2.24, 2.45) is 5.73 Å². The van der Waals surface area contributed by atoms with Gasteiger partial charge >= 0.3 is 0 Å². The van der Waals surface area contributed by atoms with Crippen LogP contribution in [0.4, 0.5) is 0 Å². The van der Waals surface area contributed by atoms with Crippen LogP contribution in [-0.2, 0) is 4.74 Å². The smallest absolute Gasteiger partial charge is 0.0702 e. The van der Waals surface area contributed by atoms with E-state index in [2.05, 4.69) is 36.3 Å². The fraction of sp³-hybridized carbons (Fsp3) is 0.733. The van der Waals surface area contributed by atoms with Gasteiger partial charge in [0.2, 0.25) is 0 Å². The molecule has 3 atom stereocenters. The molecule has 2 heterocycles. The van der Waals surface area contributed by atoms with Crippen molar-refractivity contribution in [1.29, 1.82) is 0 Å². The highest BCUT2D eigenvalue weighted by molar-refractivity contribution is 7.10. The number of nitrogens with zero attached hydrogens (tertiary/aromatic N) is 1. The van der Waals surface area contributed by atoms with Gasteiger partial charge in [-0.3, -0.25) is 4.90 Å². The molecular weight excluding hydrogens is 256 g/mol. The molecule has 19 heavy (non-hydrogen) atoms. The zero-order valence-corrected chi connectivity index (χ0v) is 12.9. The van der Waals surface area contributed by atoms with Gasteiger partial charge in [-0.15, -0.1) is 11.3 Å². The Morgan fingerprint density at radius 1 is 1.58 bits per heavy atom. The number of thiophene rings is 1. The van der Waals surface area contributed by atoms with Crippen LogP contribution >= 0.6 is 11.3 Å². The zero-order valence-electron chi connectivity index (χ0n) is 12.0. The Bertz CT molecular complexity index is 353. The summed E-state index contributed by atoms with van der Waals surface area (Å²) >= 11 is 1.81. The van der Waals surface area contributed by atoms with Gasteiger partial charge in [0.1, 0.15) is 0 Å². The standard InChI is InChI=1S/C15H26N2OS/c1-3-9-18-13-6-4-8-17(11-13)15(12(2)16)14-7-5-10-19-14/h5,7,10,12-13,15H,3-4,6,8-9,11,16H2,1-2H3. The Morgan fingerprint density at radius 2 is 2.42 bits per heavy atom. The van der Waals surface area contributed by atoms with Gasteiger partial charge in [0.15, 0.2) is 0 Å². The summed E-state index contributed by atoms with van der Waals surface area (Å²) in [7, 11) is 0. The first kappa shape index (κ1) is 15.0. The zero-order chi connectivity index (χ0) is 13.7.